The number of piperidine rings is 1. The molecule has 0 bridgehead atoms. The van der Waals surface area contributed by atoms with Gasteiger partial charge in [-0.05, 0) is 38.5 Å². The molecule has 0 radical (unpaired) electrons. The van der Waals surface area contributed by atoms with Gasteiger partial charge in [0.15, 0.2) is 0 Å². The maximum atomic E-state index is 12.9. The Hall–Kier alpha value is -1.43. The van der Waals surface area contributed by atoms with E-state index in [1.807, 2.05) is 13.1 Å². The Morgan fingerprint density at radius 3 is 2.67 bits per heavy atom. The molecule has 2 saturated heterocycles. The van der Waals surface area contributed by atoms with Gasteiger partial charge in [0.25, 0.3) is 0 Å². The number of likely N-dealkylation sites (tertiary alicyclic amines) is 1. The van der Waals surface area contributed by atoms with Crippen LogP contribution in [0.2, 0.25) is 0 Å². The van der Waals surface area contributed by atoms with E-state index in [1.54, 1.807) is 4.68 Å². The molecular weight excluding hydrogens is 304 g/mol. The number of amides is 1. The van der Waals surface area contributed by atoms with E-state index in [9.17, 15) is 4.79 Å². The lowest BCUT2D eigenvalue weighted by Crippen LogP contribution is -2.45. The number of nitrogens with zero attached hydrogens (tertiary/aromatic N) is 4. The number of carbonyl (C=O) groups excluding carboxylic acids is 1. The predicted octanol–water partition coefficient (Wildman–Crippen LogP) is 2.17. The van der Waals surface area contributed by atoms with Gasteiger partial charge >= 0.3 is 0 Å². The molecule has 1 aromatic rings. The second-order valence-corrected chi connectivity index (χ2v) is 8.19. The van der Waals surface area contributed by atoms with Crippen LogP contribution in [-0.2, 0) is 14.9 Å². The average molecular weight is 332 g/mol. The maximum absolute atomic E-state index is 12.9. The quantitative estimate of drug-likeness (QED) is 0.848. The molecule has 3 heterocycles. The van der Waals surface area contributed by atoms with E-state index >= 15 is 0 Å². The minimum atomic E-state index is -0.281. The van der Waals surface area contributed by atoms with Crippen LogP contribution in [0.4, 0.5) is 0 Å². The third-order valence-electron chi connectivity index (χ3n) is 6.31. The van der Waals surface area contributed by atoms with Gasteiger partial charge in [0, 0.05) is 13.1 Å². The van der Waals surface area contributed by atoms with Crippen molar-refractivity contribution in [3.8, 4) is 0 Å². The first-order valence-electron chi connectivity index (χ1n) is 9.36. The van der Waals surface area contributed by atoms with E-state index in [0.29, 0.717) is 19.1 Å². The van der Waals surface area contributed by atoms with Crippen LogP contribution in [0.3, 0.4) is 0 Å². The van der Waals surface area contributed by atoms with Gasteiger partial charge in [-0.1, -0.05) is 24.5 Å². The van der Waals surface area contributed by atoms with Crippen molar-refractivity contribution in [2.45, 2.75) is 57.4 Å². The van der Waals surface area contributed by atoms with Gasteiger partial charge < -0.3 is 9.64 Å². The largest absolute Gasteiger partial charge is 0.379 e. The van der Waals surface area contributed by atoms with Crippen LogP contribution in [0.15, 0.2) is 6.20 Å². The standard InChI is InChI=1S/C18H28N4O2/c1-13(22-10-16(19-20-22)18(2)11-24-12-18)17(23)21-8-4-7-15(9-21)14-5-3-6-14/h10,13-15H,3-9,11-12H2,1-2H3. The molecule has 3 aliphatic rings. The average Bonchev–Trinajstić information content (AvgIpc) is 3.00. The summed E-state index contributed by atoms with van der Waals surface area (Å²) in [7, 11) is 0. The van der Waals surface area contributed by atoms with E-state index in [2.05, 4.69) is 22.1 Å². The molecule has 0 N–H and O–H groups in total. The van der Waals surface area contributed by atoms with Crippen LogP contribution in [-0.4, -0.2) is 52.1 Å². The van der Waals surface area contributed by atoms with Crippen molar-refractivity contribution in [3.63, 3.8) is 0 Å². The van der Waals surface area contributed by atoms with Crippen molar-refractivity contribution in [1.82, 2.24) is 19.9 Å². The maximum Gasteiger partial charge on any atom is 0.247 e. The van der Waals surface area contributed by atoms with Gasteiger partial charge in [-0.3, -0.25) is 4.79 Å². The van der Waals surface area contributed by atoms with E-state index < -0.39 is 0 Å². The summed E-state index contributed by atoms with van der Waals surface area (Å²) in [6.45, 7) is 7.26. The first-order chi connectivity index (χ1) is 11.6. The Bertz CT molecular complexity index is 606. The summed E-state index contributed by atoms with van der Waals surface area (Å²) in [5.41, 5.74) is 0.890. The summed E-state index contributed by atoms with van der Waals surface area (Å²) < 4.78 is 7.03. The van der Waals surface area contributed by atoms with Crippen LogP contribution in [0.25, 0.3) is 0 Å². The van der Waals surface area contributed by atoms with Crippen molar-refractivity contribution < 1.29 is 9.53 Å². The molecule has 132 valence electrons. The number of ether oxygens (including phenoxy) is 1. The fourth-order valence-electron chi connectivity index (χ4n) is 4.18. The van der Waals surface area contributed by atoms with Gasteiger partial charge in [0.05, 0.1) is 30.5 Å². The molecule has 2 unspecified atom stereocenters. The highest BCUT2D eigenvalue weighted by molar-refractivity contribution is 5.80. The molecule has 1 saturated carbocycles. The normalized spacial score (nSPS) is 28.1. The van der Waals surface area contributed by atoms with Crippen LogP contribution < -0.4 is 0 Å². The minimum absolute atomic E-state index is 0.0402. The zero-order chi connectivity index (χ0) is 16.7. The summed E-state index contributed by atoms with van der Waals surface area (Å²) in [6.07, 6.45) is 8.44. The molecule has 0 aromatic carbocycles. The number of hydrogen-bond acceptors (Lipinski definition) is 4. The molecule has 1 amide bonds. The topological polar surface area (TPSA) is 60.2 Å². The monoisotopic (exact) mass is 332 g/mol. The number of carbonyl (C=O) groups is 1. The van der Waals surface area contributed by atoms with Crippen LogP contribution >= 0.6 is 0 Å². The van der Waals surface area contributed by atoms with Gasteiger partial charge in [-0.15, -0.1) is 5.10 Å². The fourth-order valence-corrected chi connectivity index (χ4v) is 4.18. The Labute approximate surface area is 143 Å². The Kier molecular flexibility index (Phi) is 4.11. The van der Waals surface area contributed by atoms with Crippen molar-refractivity contribution in [2.75, 3.05) is 26.3 Å². The molecule has 24 heavy (non-hydrogen) atoms. The second-order valence-electron chi connectivity index (χ2n) is 8.19. The highest BCUT2D eigenvalue weighted by Gasteiger charge is 2.39. The van der Waals surface area contributed by atoms with E-state index in [-0.39, 0.29) is 17.4 Å². The summed E-state index contributed by atoms with van der Waals surface area (Å²) in [4.78, 5) is 15.0. The third kappa shape index (κ3) is 2.75. The van der Waals surface area contributed by atoms with Crippen LogP contribution in [0, 0.1) is 11.8 Å². The highest BCUT2D eigenvalue weighted by Crippen LogP contribution is 2.38. The Morgan fingerprint density at radius 2 is 2.04 bits per heavy atom. The lowest BCUT2D eigenvalue weighted by molar-refractivity contribution is -0.137. The lowest BCUT2D eigenvalue weighted by atomic mass is 9.73. The second kappa shape index (κ2) is 6.14. The fraction of sp³-hybridized carbons (Fsp3) is 0.833. The molecule has 2 aliphatic heterocycles. The molecule has 4 rings (SSSR count). The van der Waals surface area contributed by atoms with Crippen molar-refractivity contribution >= 4 is 5.91 Å². The van der Waals surface area contributed by atoms with Gasteiger partial charge in [0.1, 0.15) is 6.04 Å². The lowest BCUT2D eigenvalue weighted by Gasteiger charge is -2.41. The third-order valence-corrected chi connectivity index (χ3v) is 6.31. The molecule has 6 heteroatoms. The zero-order valence-corrected chi connectivity index (χ0v) is 14.8. The number of aromatic nitrogens is 3. The molecule has 6 nitrogen and oxygen atoms in total. The van der Waals surface area contributed by atoms with E-state index in [1.165, 1.54) is 25.7 Å². The smallest absolute Gasteiger partial charge is 0.247 e. The molecule has 1 aliphatic carbocycles. The van der Waals surface area contributed by atoms with Crippen LogP contribution in [0.5, 0.6) is 0 Å². The van der Waals surface area contributed by atoms with Crippen molar-refractivity contribution in [1.29, 1.82) is 0 Å². The molecule has 2 atom stereocenters. The summed E-state index contributed by atoms with van der Waals surface area (Å²) in [5.74, 6) is 1.75. The summed E-state index contributed by atoms with van der Waals surface area (Å²) in [6, 6.07) is -0.281. The Balaban J connectivity index is 1.41. The number of hydrogen-bond donors (Lipinski definition) is 0. The molecule has 0 spiro atoms. The molecular formula is C18H28N4O2. The van der Waals surface area contributed by atoms with E-state index in [4.69, 9.17) is 4.74 Å². The Morgan fingerprint density at radius 1 is 1.29 bits per heavy atom. The van der Waals surface area contributed by atoms with Crippen LogP contribution in [0.1, 0.15) is 57.7 Å². The predicted molar refractivity (Wildman–Crippen MR) is 89.5 cm³/mol. The minimum Gasteiger partial charge on any atom is -0.379 e. The highest BCUT2D eigenvalue weighted by atomic mass is 16.5. The van der Waals surface area contributed by atoms with Crippen molar-refractivity contribution in [2.24, 2.45) is 11.8 Å². The van der Waals surface area contributed by atoms with E-state index in [0.717, 1.165) is 31.1 Å². The first kappa shape index (κ1) is 16.1. The first-order valence-corrected chi connectivity index (χ1v) is 9.36. The summed E-state index contributed by atoms with van der Waals surface area (Å²) >= 11 is 0. The van der Waals surface area contributed by atoms with Crippen molar-refractivity contribution in [3.05, 3.63) is 11.9 Å². The van der Waals surface area contributed by atoms with Gasteiger partial charge in [-0.2, -0.15) is 0 Å². The molecule has 1 aromatic heterocycles. The zero-order valence-electron chi connectivity index (χ0n) is 14.8. The SMILES string of the molecule is CC(C(=O)N1CCCC(C2CCC2)C1)n1cc(C2(C)COC2)nn1. The number of rotatable bonds is 4. The van der Waals surface area contributed by atoms with Gasteiger partial charge in [0.2, 0.25) is 5.91 Å². The molecule has 3 fully saturated rings. The summed E-state index contributed by atoms with van der Waals surface area (Å²) in [5, 5.41) is 8.51. The van der Waals surface area contributed by atoms with Gasteiger partial charge in [-0.25, -0.2) is 4.68 Å².